The van der Waals surface area contributed by atoms with Crippen molar-refractivity contribution >= 4 is 17.6 Å². The molecule has 11 nitrogen and oxygen atoms in total. The van der Waals surface area contributed by atoms with E-state index in [1.807, 2.05) is 12.3 Å². The second-order valence-electron chi connectivity index (χ2n) is 9.07. The molecule has 182 valence electrons. The number of anilines is 3. The summed E-state index contributed by atoms with van der Waals surface area (Å²) < 4.78 is 5.39. The van der Waals surface area contributed by atoms with E-state index in [1.165, 1.54) is 6.42 Å². The Kier molecular flexibility index (Phi) is 6.74. The molecule has 2 fully saturated rings. The Morgan fingerprint density at radius 2 is 2.03 bits per heavy atom. The first kappa shape index (κ1) is 23.0. The number of nitrogens with zero attached hydrogens (tertiary/aromatic N) is 6. The number of rotatable bonds is 8. The monoisotopic (exact) mass is 475 g/mol. The van der Waals surface area contributed by atoms with Crippen molar-refractivity contribution in [2.45, 2.75) is 63.4 Å². The lowest BCUT2D eigenvalue weighted by atomic mass is 9.81. The maximum Gasteiger partial charge on any atom is 0.228 e. The minimum absolute atomic E-state index is 0.114. The van der Waals surface area contributed by atoms with Crippen LogP contribution in [-0.4, -0.2) is 60.4 Å². The number of aliphatic hydroxyl groups excluding tert-OH is 1. The molecule has 0 aliphatic carbocycles. The van der Waals surface area contributed by atoms with Gasteiger partial charge < -0.3 is 20.5 Å². The Labute approximate surface area is 203 Å². The summed E-state index contributed by atoms with van der Waals surface area (Å²) in [6.45, 7) is 0.737. The van der Waals surface area contributed by atoms with Crippen LogP contribution < -0.4 is 15.4 Å². The number of aromatic nitrogens is 5. The van der Waals surface area contributed by atoms with Gasteiger partial charge in [-0.3, -0.25) is 10.00 Å². The van der Waals surface area contributed by atoms with Crippen molar-refractivity contribution in [3.63, 3.8) is 0 Å². The number of aliphatic hydroxyl groups is 1. The van der Waals surface area contributed by atoms with Crippen LogP contribution in [-0.2, 0) is 13.2 Å². The van der Waals surface area contributed by atoms with Gasteiger partial charge in [-0.25, -0.2) is 4.98 Å². The minimum atomic E-state index is -0.114. The number of aromatic amines is 1. The molecule has 2 bridgehead atoms. The zero-order valence-corrected chi connectivity index (χ0v) is 19.6. The van der Waals surface area contributed by atoms with Crippen molar-refractivity contribution in [1.29, 1.82) is 5.26 Å². The molecule has 2 aliphatic heterocycles. The number of piperidine rings is 2. The summed E-state index contributed by atoms with van der Waals surface area (Å²) in [6, 6.07) is 10.5. The van der Waals surface area contributed by atoms with E-state index < -0.39 is 0 Å². The van der Waals surface area contributed by atoms with Crippen LogP contribution in [0.2, 0.25) is 0 Å². The number of H-pyrrole nitrogens is 1. The van der Waals surface area contributed by atoms with Gasteiger partial charge in [-0.1, -0.05) is 12.5 Å². The molecule has 35 heavy (non-hydrogen) atoms. The molecular formula is C24H29N9O2. The molecule has 2 saturated heterocycles. The molecule has 0 aromatic carbocycles. The van der Waals surface area contributed by atoms with Gasteiger partial charge in [0.2, 0.25) is 11.8 Å². The van der Waals surface area contributed by atoms with Gasteiger partial charge in [-0.2, -0.15) is 20.3 Å². The molecule has 0 radical (unpaired) electrons. The average Bonchev–Trinajstić information content (AvgIpc) is 3.32. The summed E-state index contributed by atoms with van der Waals surface area (Å²) in [7, 11) is 1.58. The largest absolute Gasteiger partial charge is 0.481 e. The van der Waals surface area contributed by atoms with Gasteiger partial charge in [-0.05, 0) is 37.3 Å². The van der Waals surface area contributed by atoms with Crippen LogP contribution in [0.1, 0.15) is 49.1 Å². The lowest BCUT2D eigenvalue weighted by Crippen LogP contribution is -2.54. The van der Waals surface area contributed by atoms with Gasteiger partial charge in [0.1, 0.15) is 17.6 Å². The fourth-order valence-corrected chi connectivity index (χ4v) is 5.13. The first-order valence-corrected chi connectivity index (χ1v) is 11.9. The molecule has 3 aromatic heterocycles. The van der Waals surface area contributed by atoms with Crippen LogP contribution in [0.3, 0.4) is 0 Å². The molecule has 0 spiro atoms. The lowest BCUT2D eigenvalue weighted by Gasteiger charge is -2.49. The molecule has 5 heterocycles. The van der Waals surface area contributed by atoms with Crippen molar-refractivity contribution < 1.29 is 9.84 Å². The summed E-state index contributed by atoms with van der Waals surface area (Å²) in [5.74, 6) is 2.08. The highest BCUT2D eigenvalue weighted by Crippen LogP contribution is 2.36. The lowest BCUT2D eigenvalue weighted by molar-refractivity contribution is 0.0276. The van der Waals surface area contributed by atoms with Crippen LogP contribution in [0, 0.1) is 11.3 Å². The van der Waals surface area contributed by atoms with E-state index >= 15 is 0 Å². The van der Waals surface area contributed by atoms with E-state index in [2.05, 4.69) is 46.8 Å². The summed E-state index contributed by atoms with van der Waals surface area (Å²) in [4.78, 5) is 16.0. The summed E-state index contributed by atoms with van der Waals surface area (Å²) >= 11 is 0. The van der Waals surface area contributed by atoms with E-state index in [0.717, 1.165) is 37.8 Å². The summed E-state index contributed by atoms with van der Waals surface area (Å²) in [5.41, 5.74) is 2.20. The molecule has 0 amide bonds. The van der Waals surface area contributed by atoms with E-state index in [9.17, 15) is 5.11 Å². The third-order valence-electron chi connectivity index (χ3n) is 6.73. The van der Waals surface area contributed by atoms with Crippen LogP contribution in [0.15, 0.2) is 30.5 Å². The third-order valence-corrected chi connectivity index (χ3v) is 6.73. The summed E-state index contributed by atoms with van der Waals surface area (Å²) in [6.07, 6.45) is 7.39. The molecule has 1 unspecified atom stereocenters. The quantitative estimate of drug-likeness (QED) is 0.383. The predicted octanol–water partition coefficient (Wildman–Crippen LogP) is 2.71. The van der Waals surface area contributed by atoms with Crippen molar-refractivity contribution in [1.82, 2.24) is 30.0 Å². The molecule has 0 saturated carbocycles. The van der Waals surface area contributed by atoms with E-state index in [-0.39, 0.29) is 12.6 Å². The van der Waals surface area contributed by atoms with Gasteiger partial charge >= 0.3 is 0 Å². The number of nitriles is 1. The van der Waals surface area contributed by atoms with Gasteiger partial charge in [0.25, 0.3) is 0 Å². The molecular weight excluding hydrogens is 446 g/mol. The second-order valence-corrected chi connectivity index (χ2v) is 9.07. The SMILES string of the molecule is COc1cc(Nc2cc(CO)[nH]n2)nc(NC2C[C@H]3CCC[C@@H](C2)N3Cc2ccc(C#N)nc2)n1. The number of pyridine rings is 1. The number of nitrogens with one attached hydrogen (secondary N) is 3. The van der Waals surface area contributed by atoms with Gasteiger partial charge in [0.15, 0.2) is 5.82 Å². The Balaban J connectivity index is 1.27. The van der Waals surface area contributed by atoms with E-state index in [0.29, 0.717) is 46.9 Å². The standard InChI is InChI=1S/C24H29N9O2/c1-35-23-10-21(28-22-9-18(14-34)31-32-22)29-24(30-23)27-17-7-19-3-2-4-20(8-17)33(19)13-15-5-6-16(11-25)26-12-15/h5-6,9-10,12,17,19-20,34H,2-4,7-8,13-14H2,1H3,(H3,27,28,29,30,31,32)/t17?,19-,20+. The minimum Gasteiger partial charge on any atom is -0.481 e. The van der Waals surface area contributed by atoms with Gasteiger partial charge in [0.05, 0.1) is 19.4 Å². The smallest absolute Gasteiger partial charge is 0.228 e. The molecule has 3 aromatic rings. The number of methoxy groups -OCH3 is 1. The molecule has 11 heteroatoms. The summed E-state index contributed by atoms with van der Waals surface area (Å²) in [5, 5.41) is 31.8. The average molecular weight is 476 g/mol. The maximum absolute atomic E-state index is 9.24. The van der Waals surface area contributed by atoms with E-state index in [1.54, 1.807) is 25.3 Å². The highest BCUT2D eigenvalue weighted by molar-refractivity contribution is 5.55. The number of hydrogen-bond acceptors (Lipinski definition) is 10. The Morgan fingerprint density at radius 1 is 1.20 bits per heavy atom. The maximum atomic E-state index is 9.24. The third kappa shape index (κ3) is 5.34. The van der Waals surface area contributed by atoms with Crippen LogP contribution in [0.4, 0.5) is 17.6 Å². The fraction of sp³-hybridized carbons (Fsp3) is 0.458. The van der Waals surface area contributed by atoms with Crippen LogP contribution >= 0.6 is 0 Å². The topological polar surface area (TPSA) is 148 Å². The molecule has 5 rings (SSSR count). The van der Waals surface area contributed by atoms with E-state index in [4.69, 9.17) is 10.00 Å². The Morgan fingerprint density at radius 3 is 2.69 bits per heavy atom. The number of hydrogen-bond donors (Lipinski definition) is 4. The fourth-order valence-electron chi connectivity index (χ4n) is 5.13. The van der Waals surface area contributed by atoms with Crippen LogP contribution in [0.5, 0.6) is 5.88 Å². The Hall–Kier alpha value is -3.75. The molecule has 2 aliphatic rings. The zero-order valence-electron chi connectivity index (χ0n) is 19.6. The normalized spacial score (nSPS) is 21.8. The number of fused-ring (bicyclic) bond motifs is 2. The van der Waals surface area contributed by atoms with Crippen molar-refractivity contribution in [3.8, 4) is 11.9 Å². The highest BCUT2D eigenvalue weighted by Gasteiger charge is 2.38. The number of ether oxygens (including phenoxy) is 1. The second kappa shape index (κ2) is 10.2. The Bertz CT molecular complexity index is 1180. The molecule has 4 N–H and O–H groups in total. The van der Waals surface area contributed by atoms with Crippen molar-refractivity contribution in [2.24, 2.45) is 0 Å². The first-order chi connectivity index (χ1) is 17.1. The van der Waals surface area contributed by atoms with Gasteiger partial charge in [-0.15, -0.1) is 0 Å². The van der Waals surface area contributed by atoms with Crippen molar-refractivity contribution in [3.05, 3.63) is 47.4 Å². The predicted molar refractivity (Wildman–Crippen MR) is 129 cm³/mol. The molecule has 3 atom stereocenters. The van der Waals surface area contributed by atoms with Crippen molar-refractivity contribution in [2.75, 3.05) is 17.7 Å². The van der Waals surface area contributed by atoms with Crippen LogP contribution in [0.25, 0.3) is 0 Å². The first-order valence-electron chi connectivity index (χ1n) is 11.9. The highest BCUT2D eigenvalue weighted by atomic mass is 16.5. The zero-order chi connectivity index (χ0) is 24.2. The van der Waals surface area contributed by atoms with Gasteiger partial charge in [0, 0.05) is 43.0 Å².